The van der Waals surface area contributed by atoms with Gasteiger partial charge in [0.1, 0.15) is 17.2 Å². The molecule has 2 aliphatic rings. The smallest absolute Gasteiger partial charge is 0.322 e. The summed E-state index contributed by atoms with van der Waals surface area (Å²) in [6, 6.07) is 10.6. The Labute approximate surface area is 197 Å². The van der Waals surface area contributed by atoms with Crippen molar-refractivity contribution in [2.24, 2.45) is 0 Å². The summed E-state index contributed by atoms with van der Waals surface area (Å²) in [6.07, 6.45) is 1.85. The van der Waals surface area contributed by atoms with Gasteiger partial charge in [-0.25, -0.2) is 13.6 Å². The van der Waals surface area contributed by atoms with E-state index in [-0.39, 0.29) is 41.2 Å². The summed E-state index contributed by atoms with van der Waals surface area (Å²) in [4.78, 5) is 44.2. The molecule has 10 heteroatoms. The van der Waals surface area contributed by atoms with Gasteiger partial charge in [0.25, 0.3) is 11.8 Å². The highest BCUT2D eigenvalue weighted by Gasteiger charge is 2.57. The van der Waals surface area contributed by atoms with Crippen LogP contribution in [0.4, 0.5) is 19.3 Å². The molecule has 5 rings (SSSR count). The number of aromatic nitrogens is 1. The fourth-order valence-electron chi connectivity index (χ4n) is 4.53. The number of hydrogen-bond donors (Lipinski definition) is 2. The van der Waals surface area contributed by atoms with Crippen molar-refractivity contribution in [1.29, 1.82) is 0 Å². The summed E-state index contributed by atoms with van der Waals surface area (Å²) in [6.45, 7) is -0.0598. The molecule has 1 atom stereocenters. The molecule has 0 radical (unpaired) electrons. The first-order valence-corrected chi connectivity index (χ1v) is 10.8. The minimum absolute atomic E-state index is 0.0147. The molecule has 2 heterocycles. The highest BCUT2D eigenvalue weighted by atomic mass is 35.5. The molecule has 4 amide bonds. The molecular weight excluding hydrogens is 466 g/mol. The molecule has 0 bridgehead atoms. The maximum Gasteiger partial charge on any atom is 0.325 e. The quantitative estimate of drug-likeness (QED) is 0.546. The molecule has 1 saturated heterocycles. The zero-order valence-corrected chi connectivity index (χ0v) is 18.3. The van der Waals surface area contributed by atoms with Crippen LogP contribution in [0.15, 0.2) is 54.7 Å². The van der Waals surface area contributed by atoms with Crippen molar-refractivity contribution in [1.82, 2.24) is 15.2 Å². The van der Waals surface area contributed by atoms with Gasteiger partial charge in [0.15, 0.2) is 0 Å². The Morgan fingerprint density at radius 1 is 1.15 bits per heavy atom. The number of rotatable bonds is 4. The second-order valence-electron chi connectivity index (χ2n) is 8.08. The summed E-state index contributed by atoms with van der Waals surface area (Å²) in [5, 5.41) is 5.11. The van der Waals surface area contributed by atoms with Gasteiger partial charge in [-0.3, -0.25) is 19.5 Å². The number of pyridine rings is 1. The summed E-state index contributed by atoms with van der Waals surface area (Å²) in [7, 11) is 0. The lowest BCUT2D eigenvalue weighted by atomic mass is 9.90. The standard InChI is InChI=1S/C24H17ClF2N4O3/c25-17-11-13(4-6-18(17)26)29-21(32)16-5-7-19(27)20-15(16)8-9-24(20)22(33)31(23(34)30-24)12-14-3-1-2-10-28-14/h1-7,10-11H,8-9,12H2,(H,29,32)(H,30,34). The van der Waals surface area contributed by atoms with E-state index < -0.39 is 35.0 Å². The molecule has 7 nitrogen and oxygen atoms in total. The largest absolute Gasteiger partial charge is 0.325 e. The van der Waals surface area contributed by atoms with E-state index in [1.54, 1.807) is 24.4 Å². The van der Waals surface area contributed by atoms with E-state index in [0.717, 1.165) is 17.0 Å². The first-order chi connectivity index (χ1) is 16.3. The Morgan fingerprint density at radius 2 is 1.94 bits per heavy atom. The summed E-state index contributed by atoms with van der Waals surface area (Å²) in [5.41, 5.74) is -0.361. The van der Waals surface area contributed by atoms with Crippen molar-refractivity contribution in [3.8, 4) is 0 Å². The fourth-order valence-corrected chi connectivity index (χ4v) is 4.71. The van der Waals surface area contributed by atoms with Crippen LogP contribution in [-0.4, -0.2) is 27.7 Å². The number of urea groups is 1. The van der Waals surface area contributed by atoms with E-state index in [4.69, 9.17) is 11.6 Å². The summed E-state index contributed by atoms with van der Waals surface area (Å²) >= 11 is 5.78. The van der Waals surface area contributed by atoms with E-state index in [2.05, 4.69) is 15.6 Å². The molecule has 172 valence electrons. The number of anilines is 1. The van der Waals surface area contributed by atoms with Crippen LogP contribution < -0.4 is 10.6 Å². The summed E-state index contributed by atoms with van der Waals surface area (Å²) in [5.74, 6) is -2.49. The molecule has 3 aromatic rings. The number of nitrogens with zero attached hydrogens (tertiary/aromatic N) is 2. The van der Waals surface area contributed by atoms with Crippen LogP contribution in [0.5, 0.6) is 0 Å². The Kier molecular flexibility index (Phi) is 5.28. The van der Waals surface area contributed by atoms with Crippen molar-refractivity contribution in [3.05, 3.63) is 93.8 Å². The number of halogens is 3. The fraction of sp³-hybridized carbons (Fsp3) is 0.167. The monoisotopic (exact) mass is 482 g/mol. The van der Waals surface area contributed by atoms with Crippen LogP contribution in [0.1, 0.15) is 33.6 Å². The maximum atomic E-state index is 15.1. The molecule has 34 heavy (non-hydrogen) atoms. The Morgan fingerprint density at radius 3 is 2.68 bits per heavy atom. The van der Waals surface area contributed by atoms with Gasteiger partial charge < -0.3 is 10.6 Å². The van der Waals surface area contributed by atoms with E-state index in [9.17, 15) is 18.8 Å². The zero-order valence-electron chi connectivity index (χ0n) is 17.6. The molecule has 1 fully saturated rings. The lowest BCUT2D eigenvalue weighted by Gasteiger charge is -2.23. The number of imide groups is 1. The number of benzene rings is 2. The average Bonchev–Trinajstić information content (AvgIpc) is 3.31. The van der Waals surface area contributed by atoms with Gasteiger partial charge in [0.05, 0.1) is 17.3 Å². The minimum Gasteiger partial charge on any atom is -0.322 e. The number of carbonyl (C=O) groups is 3. The van der Waals surface area contributed by atoms with Gasteiger partial charge in [-0.2, -0.15) is 0 Å². The van der Waals surface area contributed by atoms with Crippen molar-refractivity contribution >= 4 is 35.1 Å². The van der Waals surface area contributed by atoms with Crippen molar-refractivity contribution in [2.45, 2.75) is 24.9 Å². The van der Waals surface area contributed by atoms with E-state index in [1.165, 1.54) is 18.2 Å². The lowest BCUT2D eigenvalue weighted by Crippen LogP contribution is -2.42. The van der Waals surface area contributed by atoms with Crippen LogP contribution in [-0.2, 0) is 23.3 Å². The van der Waals surface area contributed by atoms with E-state index in [1.807, 2.05) is 0 Å². The second kappa shape index (κ2) is 8.18. The predicted molar refractivity (Wildman–Crippen MR) is 119 cm³/mol. The molecule has 2 aromatic carbocycles. The van der Waals surface area contributed by atoms with Gasteiger partial charge in [-0.1, -0.05) is 17.7 Å². The number of fused-ring (bicyclic) bond motifs is 2. The predicted octanol–water partition coefficient (Wildman–Crippen LogP) is 4.16. The zero-order chi connectivity index (χ0) is 24.0. The molecule has 1 unspecified atom stereocenters. The third-order valence-electron chi connectivity index (χ3n) is 6.08. The molecule has 2 N–H and O–H groups in total. The molecule has 1 aromatic heterocycles. The van der Waals surface area contributed by atoms with Crippen LogP contribution in [0.25, 0.3) is 0 Å². The van der Waals surface area contributed by atoms with E-state index >= 15 is 4.39 Å². The number of hydrogen-bond acceptors (Lipinski definition) is 4. The highest BCUT2D eigenvalue weighted by Crippen LogP contribution is 2.44. The van der Waals surface area contributed by atoms with Gasteiger partial charge in [-0.15, -0.1) is 0 Å². The number of amides is 4. The molecule has 1 aliphatic carbocycles. The number of carbonyl (C=O) groups excluding carboxylic acids is 3. The van der Waals surface area contributed by atoms with Gasteiger partial charge in [0.2, 0.25) is 0 Å². The Bertz CT molecular complexity index is 1350. The normalized spacial score (nSPS) is 18.9. The highest BCUT2D eigenvalue weighted by molar-refractivity contribution is 6.31. The average molecular weight is 483 g/mol. The van der Waals surface area contributed by atoms with E-state index in [0.29, 0.717) is 11.3 Å². The molecule has 1 spiro atoms. The molecule has 0 saturated carbocycles. The van der Waals surface area contributed by atoms with Crippen LogP contribution >= 0.6 is 11.6 Å². The topological polar surface area (TPSA) is 91.4 Å². The van der Waals surface area contributed by atoms with Crippen molar-refractivity contribution in [2.75, 3.05) is 5.32 Å². The van der Waals surface area contributed by atoms with Gasteiger partial charge in [0, 0.05) is 23.0 Å². The lowest BCUT2D eigenvalue weighted by molar-refractivity contribution is -0.132. The van der Waals surface area contributed by atoms with Crippen molar-refractivity contribution in [3.63, 3.8) is 0 Å². The van der Waals surface area contributed by atoms with Gasteiger partial charge >= 0.3 is 6.03 Å². The minimum atomic E-state index is -1.60. The third kappa shape index (κ3) is 3.49. The first-order valence-electron chi connectivity index (χ1n) is 10.4. The van der Waals surface area contributed by atoms with Crippen molar-refractivity contribution < 1.29 is 23.2 Å². The summed E-state index contributed by atoms with van der Waals surface area (Å²) < 4.78 is 28.5. The molecule has 1 aliphatic heterocycles. The Balaban J connectivity index is 1.48. The van der Waals surface area contributed by atoms with Crippen LogP contribution in [0.3, 0.4) is 0 Å². The van der Waals surface area contributed by atoms with Gasteiger partial charge in [-0.05, 0) is 60.9 Å². The van der Waals surface area contributed by atoms with Crippen LogP contribution in [0, 0.1) is 11.6 Å². The third-order valence-corrected chi connectivity index (χ3v) is 6.37. The maximum absolute atomic E-state index is 15.1. The first kappa shape index (κ1) is 22.0. The number of nitrogens with one attached hydrogen (secondary N) is 2. The molecular formula is C24H17ClF2N4O3. The second-order valence-corrected chi connectivity index (χ2v) is 8.49. The Hall–Kier alpha value is -3.85. The SMILES string of the molecule is O=C(Nc1ccc(F)c(Cl)c1)c1ccc(F)c2c1CCC21NC(=O)N(Cc2ccccn2)C1=O. The van der Waals surface area contributed by atoms with Crippen LogP contribution in [0.2, 0.25) is 5.02 Å².